The Kier molecular flexibility index (Phi) is 15.8. The van der Waals surface area contributed by atoms with Crippen molar-refractivity contribution in [3.63, 3.8) is 0 Å². The highest BCUT2D eigenvalue weighted by atomic mass is 32.2. The Balaban J connectivity index is 3.68. The number of nitrogens with two attached hydrogens (primary N) is 1. The molecule has 2 unspecified atom stereocenters. The van der Waals surface area contributed by atoms with E-state index in [0.717, 1.165) is 24.6 Å². The van der Waals surface area contributed by atoms with Gasteiger partial charge >= 0.3 is 11.9 Å². The van der Waals surface area contributed by atoms with Crippen LogP contribution in [0.3, 0.4) is 0 Å². The van der Waals surface area contributed by atoms with Crippen LogP contribution in [-0.2, 0) is 9.59 Å². The zero-order chi connectivity index (χ0) is 18.9. The first-order chi connectivity index (χ1) is 12.0. The maximum atomic E-state index is 11.2. The van der Waals surface area contributed by atoms with E-state index in [-0.39, 0.29) is 5.75 Å². The van der Waals surface area contributed by atoms with Crippen LogP contribution >= 0.6 is 11.8 Å². The molecule has 0 rings (SSSR count). The number of thioether (sulfide) groups is 1. The normalized spacial score (nSPS) is 13.8. The molecule has 25 heavy (non-hydrogen) atoms. The number of rotatable bonds is 17. The van der Waals surface area contributed by atoms with E-state index in [4.69, 9.17) is 15.9 Å². The molecule has 0 saturated heterocycles. The topological polar surface area (TPSA) is 101 Å². The van der Waals surface area contributed by atoms with Crippen LogP contribution in [0.2, 0.25) is 0 Å². The molecular weight excluding hydrogens is 338 g/mol. The third-order valence-electron chi connectivity index (χ3n) is 4.05. The molecule has 0 aliphatic heterocycles. The number of allylic oxidation sites excluding steroid dienone is 1. The average Bonchev–Trinajstić information content (AvgIpc) is 2.57. The van der Waals surface area contributed by atoms with Gasteiger partial charge in [-0.05, 0) is 12.8 Å². The van der Waals surface area contributed by atoms with Crippen LogP contribution in [0.25, 0.3) is 0 Å². The lowest BCUT2D eigenvalue weighted by Gasteiger charge is -2.10. The minimum absolute atomic E-state index is 0.0922. The molecule has 0 bridgehead atoms. The largest absolute Gasteiger partial charge is 0.480 e. The van der Waals surface area contributed by atoms with Gasteiger partial charge in [-0.2, -0.15) is 0 Å². The van der Waals surface area contributed by atoms with Crippen LogP contribution in [0.5, 0.6) is 0 Å². The molecule has 0 aliphatic rings. The summed E-state index contributed by atoms with van der Waals surface area (Å²) < 4.78 is 0. The molecule has 0 aromatic heterocycles. The number of aliphatic carboxylic acids is 2. The maximum absolute atomic E-state index is 11.2. The number of hydrogen-bond acceptors (Lipinski definition) is 4. The molecule has 0 aromatic carbocycles. The van der Waals surface area contributed by atoms with Crippen LogP contribution in [0, 0.1) is 0 Å². The van der Waals surface area contributed by atoms with Crippen molar-refractivity contribution in [1.82, 2.24) is 0 Å². The Bertz CT molecular complexity index is 388. The number of carboxylic acids is 2. The Labute approximate surface area is 156 Å². The molecular formula is C19H35NO4S. The van der Waals surface area contributed by atoms with Gasteiger partial charge in [0.15, 0.2) is 0 Å². The van der Waals surface area contributed by atoms with Gasteiger partial charge in [0.05, 0.1) is 0 Å². The number of carbonyl (C=O) groups is 2. The Morgan fingerprint density at radius 1 is 0.920 bits per heavy atom. The first kappa shape index (κ1) is 24.0. The minimum atomic E-state index is -1.11. The summed E-state index contributed by atoms with van der Waals surface area (Å²) in [5, 5.41) is 17.1. The second-order valence-corrected chi connectivity index (χ2v) is 7.61. The Morgan fingerprint density at radius 3 is 1.92 bits per heavy atom. The lowest BCUT2D eigenvalue weighted by atomic mass is 10.1. The van der Waals surface area contributed by atoms with Crippen LogP contribution in [0.4, 0.5) is 0 Å². The van der Waals surface area contributed by atoms with E-state index in [2.05, 4.69) is 6.92 Å². The fourth-order valence-corrected chi connectivity index (χ4v) is 3.38. The smallest absolute Gasteiger partial charge is 0.321 e. The van der Waals surface area contributed by atoms with E-state index in [0.29, 0.717) is 0 Å². The summed E-state index contributed by atoms with van der Waals surface area (Å²) in [6.07, 6.45) is 17.2. The number of carboxylic acid groups (broad SMARTS) is 2. The molecule has 0 spiro atoms. The zero-order valence-electron chi connectivity index (χ0n) is 15.5. The molecule has 0 saturated carbocycles. The van der Waals surface area contributed by atoms with Crippen molar-refractivity contribution in [2.24, 2.45) is 5.73 Å². The molecule has 0 heterocycles. The molecule has 4 N–H and O–H groups in total. The second-order valence-electron chi connectivity index (χ2n) is 6.44. The van der Waals surface area contributed by atoms with Crippen molar-refractivity contribution in [2.45, 2.75) is 88.8 Å². The van der Waals surface area contributed by atoms with Crippen molar-refractivity contribution in [3.05, 3.63) is 12.2 Å². The minimum Gasteiger partial charge on any atom is -0.480 e. The van der Waals surface area contributed by atoms with Crippen molar-refractivity contribution < 1.29 is 19.8 Å². The summed E-state index contributed by atoms with van der Waals surface area (Å²) in [6.45, 7) is 2.23. The highest BCUT2D eigenvalue weighted by Crippen LogP contribution is 2.15. The summed E-state index contributed by atoms with van der Waals surface area (Å²) >= 11 is 1.06. The summed E-state index contributed by atoms with van der Waals surface area (Å²) in [5.74, 6) is -1.97. The van der Waals surface area contributed by atoms with Gasteiger partial charge < -0.3 is 15.9 Å². The quantitative estimate of drug-likeness (QED) is 0.257. The molecule has 0 fully saturated rings. The Morgan fingerprint density at radius 2 is 1.44 bits per heavy atom. The average molecular weight is 374 g/mol. The van der Waals surface area contributed by atoms with E-state index >= 15 is 0 Å². The SMILES string of the molecule is CCCCCCCCCCCCC=CC(SCC(N)C(=O)O)C(=O)O. The van der Waals surface area contributed by atoms with E-state index < -0.39 is 23.2 Å². The summed E-state index contributed by atoms with van der Waals surface area (Å²) in [5.41, 5.74) is 5.40. The first-order valence-electron chi connectivity index (χ1n) is 9.48. The fraction of sp³-hybridized carbons (Fsp3) is 0.789. The van der Waals surface area contributed by atoms with Crippen LogP contribution in [0.15, 0.2) is 12.2 Å². The van der Waals surface area contributed by atoms with Crippen molar-refractivity contribution >= 4 is 23.7 Å². The highest BCUT2D eigenvalue weighted by Gasteiger charge is 2.18. The third kappa shape index (κ3) is 15.0. The van der Waals surface area contributed by atoms with Gasteiger partial charge in [-0.1, -0.05) is 76.9 Å². The van der Waals surface area contributed by atoms with Gasteiger partial charge in [0.1, 0.15) is 11.3 Å². The van der Waals surface area contributed by atoms with Crippen LogP contribution in [0.1, 0.15) is 77.6 Å². The van der Waals surface area contributed by atoms with Crippen molar-refractivity contribution in [1.29, 1.82) is 0 Å². The molecule has 2 atom stereocenters. The molecule has 146 valence electrons. The molecule has 6 heteroatoms. The summed E-state index contributed by atoms with van der Waals surface area (Å²) in [4.78, 5) is 21.8. The van der Waals surface area contributed by atoms with Crippen molar-refractivity contribution in [2.75, 3.05) is 5.75 Å². The summed E-state index contributed by atoms with van der Waals surface area (Å²) in [7, 11) is 0. The van der Waals surface area contributed by atoms with E-state index in [1.807, 2.05) is 6.08 Å². The molecule has 0 amide bonds. The summed E-state index contributed by atoms with van der Waals surface area (Å²) in [6, 6.07) is -1.03. The van der Waals surface area contributed by atoms with Crippen LogP contribution in [-0.4, -0.2) is 39.2 Å². The second kappa shape index (κ2) is 16.5. The van der Waals surface area contributed by atoms with Crippen LogP contribution < -0.4 is 5.73 Å². The van der Waals surface area contributed by atoms with Gasteiger partial charge in [-0.15, -0.1) is 11.8 Å². The zero-order valence-corrected chi connectivity index (χ0v) is 16.3. The monoisotopic (exact) mass is 373 g/mol. The number of unbranched alkanes of at least 4 members (excludes halogenated alkanes) is 10. The standard InChI is InChI=1S/C19H35NO4S/c1-2-3-4-5-6-7-8-9-10-11-12-13-14-17(19(23)24)25-15-16(20)18(21)22/h13-14,16-17H,2-12,15,20H2,1H3,(H,21,22)(H,23,24). The van der Waals surface area contributed by atoms with Gasteiger partial charge in [-0.3, -0.25) is 9.59 Å². The van der Waals surface area contributed by atoms with E-state index in [1.54, 1.807) is 6.08 Å². The number of hydrogen-bond donors (Lipinski definition) is 3. The lowest BCUT2D eigenvalue weighted by molar-refractivity contribution is -0.138. The van der Waals surface area contributed by atoms with Gasteiger partial charge in [-0.25, -0.2) is 0 Å². The fourth-order valence-electron chi connectivity index (χ4n) is 2.46. The van der Waals surface area contributed by atoms with Crippen molar-refractivity contribution in [3.8, 4) is 0 Å². The first-order valence-corrected chi connectivity index (χ1v) is 10.5. The van der Waals surface area contributed by atoms with E-state index in [1.165, 1.54) is 57.8 Å². The Hall–Kier alpha value is -1.01. The predicted octanol–water partition coefficient (Wildman–Crippen LogP) is 4.45. The third-order valence-corrected chi connectivity index (χ3v) is 5.32. The molecule has 0 aromatic rings. The lowest BCUT2D eigenvalue weighted by Crippen LogP contribution is -2.33. The van der Waals surface area contributed by atoms with Gasteiger partial charge in [0.25, 0.3) is 0 Å². The van der Waals surface area contributed by atoms with Gasteiger partial charge in [0.2, 0.25) is 0 Å². The van der Waals surface area contributed by atoms with Gasteiger partial charge in [0, 0.05) is 5.75 Å². The maximum Gasteiger partial charge on any atom is 0.321 e. The highest BCUT2D eigenvalue weighted by molar-refractivity contribution is 8.00. The molecule has 0 aliphatic carbocycles. The predicted molar refractivity (Wildman–Crippen MR) is 105 cm³/mol. The van der Waals surface area contributed by atoms with E-state index in [9.17, 15) is 9.59 Å². The molecule has 5 nitrogen and oxygen atoms in total. The molecule has 0 radical (unpaired) electrons.